The highest BCUT2D eigenvalue weighted by atomic mass is 16.7. The molecule has 0 aliphatic rings. The molecule has 0 aromatic rings. The van der Waals surface area contributed by atoms with Gasteiger partial charge in [-0.15, -0.1) is 0 Å². The lowest BCUT2D eigenvalue weighted by atomic mass is 10.3. The van der Waals surface area contributed by atoms with Gasteiger partial charge in [-0.1, -0.05) is 5.57 Å². The van der Waals surface area contributed by atoms with Gasteiger partial charge in [-0.25, -0.2) is 4.79 Å². The molecule has 2 N–H and O–H groups in total. The molecule has 0 saturated heterocycles. The van der Waals surface area contributed by atoms with Gasteiger partial charge < -0.3 is 4.84 Å². The molecule has 0 radical (unpaired) electrons. The molecule has 8 heavy (non-hydrogen) atoms. The summed E-state index contributed by atoms with van der Waals surface area (Å²) in [6.45, 7) is 3.58. The van der Waals surface area contributed by atoms with E-state index in [9.17, 15) is 4.79 Å². The Morgan fingerprint density at radius 3 is 2.25 bits per heavy atom. The summed E-state index contributed by atoms with van der Waals surface area (Å²) in [5.41, 5.74) is 0.875. The number of hydrogen-bond acceptors (Lipinski definition) is 3. The minimum absolute atomic E-state index is 0.509. The van der Waals surface area contributed by atoms with E-state index >= 15 is 0 Å². The average Bonchev–Trinajstić information content (AvgIpc) is 1.65. The van der Waals surface area contributed by atoms with E-state index in [0.29, 0.717) is 0 Å². The Morgan fingerprint density at radius 1 is 1.62 bits per heavy atom. The lowest BCUT2D eigenvalue weighted by molar-refractivity contribution is -0.138. The van der Waals surface area contributed by atoms with Gasteiger partial charge in [0.05, 0.1) is 0 Å². The van der Waals surface area contributed by atoms with Gasteiger partial charge >= 0.3 is 5.97 Å². The second kappa shape index (κ2) is 3.21. The van der Waals surface area contributed by atoms with Gasteiger partial charge in [0.2, 0.25) is 0 Å². The minimum Gasteiger partial charge on any atom is -0.370 e. The first-order chi connectivity index (χ1) is 3.66. The van der Waals surface area contributed by atoms with Gasteiger partial charge in [-0.05, 0) is 13.8 Å². The first-order valence-electron chi connectivity index (χ1n) is 2.22. The van der Waals surface area contributed by atoms with E-state index < -0.39 is 5.97 Å². The Morgan fingerprint density at radius 2 is 2.12 bits per heavy atom. The molecule has 3 nitrogen and oxygen atoms in total. The van der Waals surface area contributed by atoms with E-state index in [1.54, 1.807) is 13.8 Å². The Kier molecular flexibility index (Phi) is 2.88. The summed E-state index contributed by atoms with van der Waals surface area (Å²) >= 11 is 0. The molecule has 0 unspecified atom stereocenters. The topological polar surface area (TPSA) is 52.3 Å². The lowest BCUT2D eigenvalue weighted by Gasteiger charge is -1.87. The molecule has 0 aromatic carbocycles. The number of hydrogen-bond donors (Lipinski definition) is 1. The van der Waals surface area contributed by atoms with Crippen LogP contribution in [0, 0.1) is 0 Å². The fourth-order valence-electron chi connectivity index (χ4n) is 0.270. The van der Waals surface area contributed by atoms with Crippen molar-refractivity contribution in [3.8, 4) is 0 Å². The zero-order chi connectivity index (χ0) is 6.57. The molecule has 0 spiro atoms. The smallest absolute Gasteiger partial charge is 0.349 e. The summed E-state index contributed by atoms with van der Waals surface area (Å²) in [4.78, 5) is 14.0. The molecule has 3 heteroatoms. The number of carbonyl (C=O) groups excluding carboxylic acids is 1. The zero-order valence-corrected chi connectivity index (χ0v) is 4.97. The number of rotatable bonds is 1. The quantitative estimate of drug-likeness (QED) is 0.396. The predicted octanol–water partition coefficient (Wildman–Crippen LogP) is 0.370. The molecule has 0 saturated carbocycles. The molecule has 0 rings (SSSR count). The van der Waals surface area contributed by atoms with Crippen molar-refractivity contribution in [1.29, 1.82) is 0 Å². The Hall–Kier alpha value is -0.830. The van der Waals surface area contributed by atoms with Crippen molar-refractivity contribution in [3.63, 3.8) is 0 Å². The Bertz CT molecular complexity index is 114. The SMILES string of the molecule is CC(C)=CC(=O)ON. The van der Waals surface area contributed by atoms with Crippen LogP contribution in [0.25, 0.3) is 0 Å². The fraction of sp³-hybridized carbons (Fsp3) is 0.400. The third-order valence-corrected chi connectivity index (χ3v) is 0.523. The molecular weight excluding hydrogens is 106 g/mol. The van der Waals surface area contributed by atoms with Gasteiger partial charge in [-0.3, -0.25) is 0 Å². The summed E-state index contributed by atoms with van der Waals surface area (Å²) in [6, 6.07) is 0. The van der Waals surface area contributed by atoms with Gasteiger partial charge in [0, 0.05) is 6.08 Å². The van der Waals surface area contributed by atoms with E-state index in [-0.39, 0.29) is 0 Å². The van der Waals surface area contributed by atoms with Crippen LogP contribution < -0.4 is 5.90 Å². The van der Waals surface area contributed by atoms with Crippen molar-refractivity contribution in [2.24, 2.45) is 5.90 Å². The van der Waals surface area contributed by atoms with E-state index in [0.717, 1.165) is 5.57 Å². The molecule has 0 amide bonds. The molecule has 0 aliphatic carbocycles. The maximum absolute atomic E-state index is 10.2. The molecule has 0 aromatic heterocycles. The van der Waals surface area contributed by atoms with Crippen molar-refractivity contribution < 1.29 is 9.63 Å². The van der Waals surface area contributed by atoms with Gasteiger partial charge in [-0.2, -0.15) is 5.90 Å². The Labute approximate surface area is 48.1 Å². The van der Waals surface area contributed by atoms with Crippen LogP contribution in [-0.4, -0.2) is 5.97 Å². The van der Waals surface area contributed by atoms with Crippen LogP contribution in [0.5, 0.6) is 0 Å². The van der Waals surface area contributed by atoms with E-state index in [1.807, 2.05) is 0 Å². The van der Waals surface area contributed by atoms with E-state index in [2.05, 4.69) is 10.7 Å². The maximum Gasteiger partial charge on any atom is 0.349 e. The van der Waals surface area contributed by atoms with Crippen molar-refractivity contribution >= 4 is 5.97 Å². The third kappa shape index (κ3) is 3.36. The maximum atomic E-state index is 10.2. The predicted molar refractivity (Wildman–Crippen MR) is 29.7 cm³/mol. The normalized spacial score (nSPS) is 7.88. The number of nitrogens with two attached hydrogens (primary N) is 1. The first kappa shape index (κ1) is 7.17. The monoisotopic (exact) mass is 115 g/mol. The van der Waals surface area contributed by atoms with Crippen LogP contribution in [0.15, 0.2) is 11.6 Å². The van der Waals surface area contributed by atoms with Crippen LogP contribution >= 0.6 is 0 Å². The van der Waals surface area contributed by atoms with Gasteiger partial charge in [0.25, 0.3) is 0 Å². The average molecular weight is 115 g/mol. The molecule has 0 bridgehead atoms. The number of allylic oxidation sites excluding steroid dienone is 1. The fourth-order valence-corrected chi connectivity index (χ4v) is 0.270. The molecule has 46 valence electrons. The highest BCUT2D eigenvalue weighted by Gasteiger charge is 1.90. The van der Waals surface area contributed by atoms with Crippen LogP contribution in [0.1, 0.15) is 13.8 Å². The minimum atomic E-state index is -0.509. The van der Waals surface area contributed by atoms with E-state index in [1.165, 1.54) is 6.08 Å². The zero-order valence-electron chi connectivity index (χ0n) is 4.97. The largest absolute Gasteiger partial charge is 0.370 e. The summed E-state index contributed by atoms with van der Waals surface area (Å²) in [5.74, 6) is 4.02. The van der Waals surface area contributed by atoms with Gasteiger partial charge in [0.1, 0.15) is 0 Å². The molecule has 0 fully saturated rings. The van der Waals surface area contributed by atoms with Crippen LogP contribution in [0.4, 0.5) is 0 Å². The highest BCUT2D eigenvalue weighted by Crippen LogP contribution is 1.87. The molecule has 0 heterocycles. The van der Waals surface area contributed by atoms with Crippen molar-refractivity contribution in [3.05, 3.63) is 11.6 Å². The summed E-state index contributed by atoms with van der Waals surface area (Å²) in [6.07, 6.45) is 1.32. The summed E-state index contributed by atoms with van der Waals surface area (Å²) in [7, 11) is 0. The third-order valence-electron chi connectivity index (χ3n) is 0.523. The first-order valence-corrected chi connectivity index (χ1v) is 2.22. The lowest BCUT2D eigenvalue weighted by Crippen LogP contribution is -2.06. The van der Waals surface area contributed by atoms with Crippen LogP contribution in [-0.2, 0) is 9.63 Å². The molecular formula is C5H9NO2. The standard InChI is InChI=1S/C5H9NO2/c1-4(2)3-5(7)8-6/h3H,6H2,1-2H3. The van der Waals surface area contributed by atoms with Crippen LogP contribution in [0.2, 0.25) is 0 Å². The highest BCUT2D eigenvalue weighted by molar-refractivity contribution is 5.82. The molecule has 0 aliphatic heterocycles. The van der Waals surface area contributed by atoms with E-state index in [4.69, 9.17) is 0 Å². The number of carbonyl (C=O) groups is 1. The Balaban J connectivity index is 3.70. The second-order valence-corrected chi connectivity index (χ2v) is 1.66. The van der Waals surface area contributed by atoms with Crippen molar-refractivity contribution in [1.82, 2.24) is 0 Å². The van der Waals surface area contributed by atoms with Crippen molar-refractivity contribution in [2.75, 3.05) is 0 Å². The molecule has 0 atom stereocenters. The summed E-state index contributed by atoms with van der Waals surface area (Å²) < 4.78 is 0. The second-order valence-electron chi connectivity index (χ2n) is 1.66. The van der Waals surface area contributed by atoms with Gasteiger partial charge in [0.15, 0.2) is 0 Å². The van der Waals surface area contributed by atoms with Crippen LogP contribution in [0.3, 0.4) is 0 Å². The van der Waals surface area contributed by atoms with Crippen molar-refractivity contribution in [2.45, 2.75) is 13.8 Å². The summed E-state index contributed by atoms with van der Waals surface area (Å²) in [5, 5.41) is 0.